The molecule has 4 nitrogen and oxygen atoms in total. The van der Waals surface area contributed by atoms with Crippen LogP contribution >= 0.6 is 0 Å². The van der Waals surface area contributed by atoms with E-state index in [-0.39, 0.29) is 0 Å². The fraction of sp³-hybridized carbons (Fsp3) is 0.182. The van der Waals surface area contributed by atoms with Crippen molar-refractivity contribution in [3.05, 3.63) is 73.3 Å². The summed E-state index contributed by atoms with van der Waals surface area (Å²) in [5, 5.41) is 16.6. The van der Waals surface area contributed by atoms with E-state index < -0.39 is 5.60 Å². The third kappa shape index (κ3) is 3.37. The third-order valence-electron chi connectivity index (χ3n) is 4.38. The fourth-order valence-electron chi connectivity index (χ4n) is 3.18. The SMILES string of the molecule is CC(C)(O)Cn1cc(-c2ccc(-c3cncc4ccccc34)cc2)cn1. The molecule has 0 unspecified atom stereocenters. The van der Waals surface area contributed by atoms with Gasteiger partial charge >= 0.3 is 0 Å². The van der Waals surface area contributed by atoms with Gasteiger partial charge in [-0.15, -0.1) is 0 Å². The molecule has 0 fully saturated rings. The van der Waals surface area contributed by atoms with Crippen molar-refractivity contribution in [2.75, 3.05) is 0 Å². The molecule has 0 radical (unpaired) electrons. The second kappa shape index (κ2) is 6.39. The molecule has 0 aliphatic rings. The highest BCUT2D eigenvalue weighted by atomic mass is 16.3. The zero-order chi connectivity index (χ0) is 18.1. The minimum atomic E-state index is -0.783. The van der Waals surface area contributed by atoms with Crippen molar-refractivity contribution in [1.29, 1.82) is 0 Å². The van der Waals surface area contributed by atoms with Gasteiger partial charge in [0.1, 0.15) is 0 Å². The molecule has 130 valence electrons. The Morgan fingerprint density at radius 2 is 1.62 bits per heavy atom. The average Bonchev–Trinajstić information content (AvgIpc) is 3.08. The summed E-state index contributed by atoms with van der Waals surface area (Å²) in [6.45, 7) is 4.02. The molecule has 4 rings (SSSR count). The Morgan fingerprint density at radius 3 is 2.38 bits per heavy atom. The van der Waals surface area contributed by atoms with Crippen LogP contribution in [0.25, 0.3) is 33.0 Å². The van der Waals surface area contributed by atoms with E-state index >= 15 is 0 Å². The molecule has 4 heteroatoms. The normalized spacial score (nSPS) is 11.8. The maximum Gasteiger partial charge on any atom is 0.0786 e. The first kappa shape index (κ1) is 16.5. The van der Waals surface area contributed by atoms with Gasteiger partial charge in [0.05, 0.1) is 18.3 Å². The molecule has 0 atom stereocenters. The average molecular weight is 343 g/mol. The summed E-state index contributed by atoms with van der Waals surface area (Å²) in [4.78, 5) is 4.37. The smallest absolute Gasteiger partial charge is 0.0786 e. The van der Waals surface area contributed by atoms with E-state index in [2.05, 4.69) is 52.5 Å². The maximum atomic E-state index is 9.93. The molecule has 2 aromatic heterocycles. The lowest BCUT2D eigenvalue weighted by Gasteiger charge is -2.16. The number of fused-ring (bicyclic) bond motifs is 1. The Bertz CT molecular complexity index is 1040. The molecule has 0 spiro atoms. The number of aliphatic hydroxyl groups is 1. The molecular formula is C22H21N3O. The van der Waals surface area contributed by atoms with Crippen LogP contribution in [0.4, 0.5) is 0 Å². The van der Waals surface area contributed by atoms with Crippen LogP contribution in [0.5, 0.6) is 0 Å². The Morgan fingerprint density at radius 1 is 0.885 bits per heavy atom. The first-order valence-corrected chi connectivity index (χ1v) is 8.68. The monoisotopic (exact) mass is 343 g/mol. The second-order valence-electron chi connectivity index (χ2n) is 7.22. The van der Waals surface area contributed by atoms with Gasteiger partial charge < -0.3 is 5.11 Å². The second-order valence-corrected chi connectivity index (χ2v) is 7.22. The Hall–Kier alpha value is -2.98. The van der Waals surface area contributed by atoms with Crippen LogP contribution in [0.2, 0.25) is 0 Å². The fourth-order valence-corrected chi connectivity index (χ4v) is 3.18. The molecule has 0 bridgehead atoms. The number of hydrogen-bond acceptors (Lipinski definition) is 3. The van der Waals surface area contributed by atoms with Crippen molar-refractivity contribution in [1.82, 2.24) is 14.8 Å². The Balaban J connectivity index is 1.65. The van der Waals surface area contributed by atoms with Crippen LogP contribution in [0.1, 0.15) is 13.8 Å². The van der Waals surface area contributed by atoms with Gasteiger partial charge in [-0.25, -0.2) is 0 Å². The van der Waals surface area contributed by atoms with Gasteiger partial charge in [-0.2, -0.15) is 5.10 Å². The van der Waals surface area contributed by atoms with Gasteiger partial charge in [0.25, 0.3) is 0 Å². The Kier molecular flexibility index (Phi) is 4.05. The van der Waals surface area contributed by atoms with Crippen molar-refractivity contribution in [3.8, 4) is 22.3 Å². The van der Waals surface area contributed by atoms with Crippen LogP contribution in [-0.4, -0.2) is 25.5 Å². The lowest BCUT2D eigenvalue weighted by molar-refractivity contribution is 0.0577. The predicted molar refractivity (Wildman–Crippen MR) is 105 cm³/mol. The maximum absolute atomic E-state index is 9.93. The predicted octanol–water partition coefficient (Wildman–Crippen LogP) is 4.54. The van der Waals surface area contributed by atoms with Crippen LogP contribution in [0.15, 0.2) is 73.3 Å². The highest BCUT2D eigenvalue weighted by Crippen LogP contribution is 2.29. The zero-order valence-electron chi connectivity index (χ0n) is 14.9. The molecule has 2 aromatic carbocycles. The molecule has 4 aromatic rings. The van der Waals surface area contributed by atoms with Gasteiger partial charge in [0.2, 0.25) is 0 Å². The van der Waals surface area contributed by atoms with E-state index in [0.717, 1.165) is 27.6 Å². The van der Waals surface area contributed by atoms with E-state index in [9.17, 15) is 5.11 Å². The van der Waals surface area contributed by atoms with Gasteiger partial charge in [0, 0.05) is 35.1 Å². The lowest BCUT2D eigenvalue weighted by atomic mass is 9.99. The summed E-state index contributed by atoms with van der Waals surface area (Å²) in [5.41, 5.74) is 3.63. The minimum Gasteiger partial charge on any atom is -0.389 e. The molecule has 1 N–H and O–H groups in total. The molecule has 0 aliphatic heterocycles. The number of benzene rings is 2. The summed E-state index contributed by atoms with van der Waals surface area (Å²) < 4.78 is 1.78. The highest BCUT2D eigenvalue weighted by Gasteiger charge is 2.14. The van der Waals surface area contributed by atoms with E-state index in [1.165, 1.54) is 5.39 Å². The van der Waals surface area contributed by atoms with Gasteiger partial charge in [-0.1, -0.05) is 48.5 Å². The van der Waals surface area contributed by atoms with E-state index in [4.69, 9.17) is 0 Å². The molecule has 2 heterocycles. The molecule has 0 amide bonds. The van der Waals surface area contributed by atoms with Gasteiger partial charge in [-0.05, 0) is 30.4 Å². The molecule has 0 saturated heterocycles. The zero-order valence-corrected chi connectivity index (χ0v) is 14.9. The van der Waals surface area contributed by atoms with Crippen molar-refractivity contribution >= 4 is 10.8 Å². The van der Waals surface area contributed by atoms with E-state index in [1.807, 2.05) is 30.9 Å². The van der Waals surface area contributed by atoms with Gasteiger partial charge in [0.15, 0.2) is 0 Å². The number of aromatic nitrogens is 3. The standard InChI is InChI=1S/C22H21N3O/c1-22(2,26)15-25-14-19(12-24-25)16-7-9-17(10-8-16)21-13-23-11-18-5-3-4-6-20(18)21/h3-14,26H,15H2,1-2H3. The minimum absolute atomic E-state index is 0.465. The highest BCUT2D eigenvalue weighted by molar-refractivity contribution is 5.95. The molecule has 26 heavy (non-hydrogen) atoms. The Labute approximate surface area is 152 Å². The van der Waals surface area contributed by atoms with Crippen molar-refractivity contribution < 1.29 is 5.11 Å². The first-order chi connectivity index (χ1) is 12.5. The van der Waals surface area contributed by atoms with Crippen molar-refractivity contribution in [2.24, 2.45) is 0 Å². The number of rotatable bonds is 4. The van der Waals surface area contributed by atoms with Gasteiger partial charge in [-0.3, -0.25) is 9.67 Å². The lowest BCUT2D eigenvalue weighted by Crippen LogP contribution is -2.26. The summed E-state index contributed by atoms with van der Waals surface area (Å²) in [5.74, 6) is 0. The topological polar surface area (TPSA) is 50.9 Å². The summed E-state index contributed by atoms with van der Waals surface area (Å²) in [6, 6.07) is 16.7. The number of nitrogens with zero attached hydrogens (tertiary/aromatic N) is 3. The first-order valence-electron chi connectivity index (χ1n) is 8.68. The van der Waals surface area contributed by atoms with E-state index in [0.29, 0.717) is 6.54 Å². The molecule has 0 saturated carbocycles. The molecular weight excluding hydrogens is 322 g/mol. The third-order valence-corrected chi connectivity index (χ3v) is 4.38. The van der Waals surface area contributed by atoms with E-state index in [1.54, 1.807) is 18.5 Å². The van der Waals surface area contributed by atoms with Crippen LogP contribution in [-0.2, 0) is 6.54 Å². The molecule has 0 aliphatic carbocycles. The summed E-state index contributed by atoms with van der Waals surface area (Å²) in [7, 11) is 0. The van der Waals surface area contributed by atoms with Crippen LogP contribution in [0.3, 0.4) is 0 Å². The van der Waals surface area contributed by atoms with Crippen LogP contribution in [0, 0.1) is 0 Å². The summed E-state index contributed by atoms with van der Waals surface area (Å²) in [6.07, 6.45) is 7.61. The van der Waals surface area contributed by atoms with Crippen molar-refractivity contribution in [2.45, 2.75) is 26.0 Å². The van der Waals surface area contributed by atoms with Crippen molar-refractivity contribution in [3.63, 3.8) is 0 Å². The quantitative estimate of drug-likeness (QED) is 0.592. The largest absolute Gasteiger partial charge is 0.389 e. The number of hydrogen-bond donors (Lipinski definition) is 1. The van der Waals surface area contributed by atoms with Crippen LogP contribution < -0.4 is 0 Å². The number of pyridine rings is 1. The summed E-state index contributed by atoms with van der Waals surface area (Å²) >= 11 is 0.